The number of urea groups is 1. The van der Waals surface area contributed by atoms with E-state index in [9.17, 15) is 14.4 Å². The predicted molar refractivity (Wildman–Crippen MR) is 68.6 cm³/mol. The number of hydrogen-bond donors (Lipinski definition) is 4. The van der Waals surface area contributed by atoms with Crippen LogP contribution in [0.1, 0.15) is 39.5 Å². The lowest BCUT2D eigenvalue weighted by Gasteiger charge is -2.25. The van der Waals surface area contributed by atoms with Crippen LogP contribution in [0.15, 0.2) is 0 Å². The molecular formula is C12H21N3O4. The Kier molecular flexibility index (Phi) is 5.14. The van der Waals surface area contributed by atoms with Crippen LogP contribution >= 0.6 is 0 Å². The normalized spacial score (nSPS) is 17.2. The Morgan fingerprint density at radius 3 is 2.42 bits per heavy atom. The van der Waals surface area contributed by atoms with Gasteiger partial charge in [-0.1, -0.05) is 13.3 Å². The SMILES string of the molecule is CCCC(C)(NC(=O)NCC(=O)NC1CC1)C(=O)O. The van der Waals surface area contributed by atoms with Gasteiger partial charge >= 0.3 is 12.0 Å². The quantitative estimate of drug-likeness (QED) is 0.530. The molecule has 1 aliphatic carbocycles. The van der Waals surface area contributed by atoms with Crippen LogP contribution in [-0.4, -0.2) is 41.1 Å². The third-order valence-electron chi connectivity index (χ3n) is 2.96. The summed E-state index contributed by atoms with van der Waals surface area (Å²) >= 11 is 0. The number of amides is 3. The fraction of sp³-hybridized carbons (Fsp3) is 0.750. The first kappa shape index (κ1) is 15.3. The summed E-state index contributed by atoms with van der Waals surface area (Å²) in [6.07, 6.45) is 2.91. The summed E-state index contributed by atoms with van der Waals surface area (Å²) in [5.74, 6) is -1.35. The highest BCUT2D eigenvalue weighted by atomic mass is 16.4. The lowest BCUT2D eigenvalue weighted by Crippen LogP contribution is -2.56. The largest absolute Gasteiger partial charge is 0.480 e. The van der Waals surface area contributed by atoms with Crippen LogP contribution in [0.5, 0.6) is 0 Å². The van der Waals surface area contributed by atoms with Gasteiger partial charge in [-0.05, 0) is 26.2 Å². The lowest BCUT2D eigenvalue weighted by atomic mass is 9.97. The molecule has 0 radical (unpaired) electrons. The number of aliphatic carboxylic acids is 1. The molecule has 1 atom stereocenters. The smallest absolute Gasteiger partial charge is 0.329 e. The number of carboxylic acid groups (broad SMARTS) is 1. The van der Waals surface area contributed by atoms with E-state index in [0.717, 1.165) is 12.8 Å². The van der Waals surface area contributed by atoms with Gasteiger partial charge in [-0.2, -0.15) is 0 Å². The van der Waals surface area contributed by atoms with Crippen LogP contribution in [0.3, 0.4) is 0 Å². The van der Waals surface area contributed by atoms with Gasteiger partial charge in [-0.15, -0.1) is 0 Å². The Morgan fingerprint density at radius 2 is 1.95 bits per heavy atom. The fourth-order valence-electron chi connectivity index (χ4n) is 1.68. The molecule has 108 valence electrons. The van der Waals surface area contributed by atoms with E-state index in [2.05, 4.69) is 16.0 Å². The van der Waals surface area contributed by atoms with E-state index < -0.39 is 17.5 Å². The third-order valence-corrected chi connectivity index (χ3v) is 2.96. The highest BCUT2D eigenvalue weighted by Crippen LogP contribution is 2.18. The summed E-state index contributed by atoms with van der Waals surface area (Å²) in [5, 5.41) is 16.6. The highest BCUT2D eigenvalue weighted by Gasteiger charge is 2.33. The van der Waals surface area contributed by atoms with E-state index in [0.29, 0.717) is 12.8 Å². The Hall–Kier alpha value is -1.79. The Labute approximate surface area is 112 Å². The summed E-state index contributed by atoms with van der Waals surface area (Å²) in [6.45, 7) is 3.14. The van der Waals surface area contributed by atoms with Crippen LogP contribution in [-0.2, 0) is 9.59 Å². The average Bonchev–Trinajstić information content (AvgIpc) is 3.10. The van der Waals surface area contributed by atoms with Crippen molar-refractivity contribution >= 4 is 17.9 Å². The molecule has 0 aliphatic heterocycles. The van der Waals surface area contributed by atoms with Gasteiger partial charge < -0.3 is 21.1 Å². The van der Waals surface area contributed by atoms with Gasteiger partial charge in [0.25, 0.3) is 0 Å². The summed E-state index contributed by atoms with van der Waals surface area (Å²) < 4.78 is 0. The zero-order valence-corrected chi connectivity index (χ0v) is 11.3. The number of nitrogens with one attached hydrogen (secondary N) is 3. The maximum absolute atomic E-state index is 11.6. The molecule has 0 heterocycles. The van der Waals surface area contributed by atoms with E-state index in [1.54, 1.807) is 0 Å². The van der Waals surface area contributed by atoms with E-state index in [1.165, 1.54) is 6.92 Å². The molecule has 7 heteroatoms. The zero-order valence-electron chi connectivity index (χ0n) is 11.3. The molecule has 1 saturated carbocycles. The van der Waals surface area contributed by atoms with Crippen molar-refractivity contribution < 1.29 is 19.5 Å². The number of rotatable bonds is 7. The topological polar surface area (TPSA) is 108 Å². The second-order valence-corrected chi connectivity index (χ2v) is 5.04. The van der Waals surface area contributed by atoms with Crippen LogP contribution in [0, 0.1) is 0 Å². The molecule has 1 rings (SSSR count). The Morgan fingerprint density at radius 1 is 1.32 bits per heavy atom. The molecule has 1 fully saturated rings. The predicted octanol–water partition coefficient (Wildman–Crippen LogP) is 0.208. The van der Waals surface area contributed by atoms with Crippen molar-refractivity contribution in [3.63, 3.8) is 0 Å². The molecule has 19 heavy (non-hydrogen) atoms. The van der Waals surface area contributed by atoms with Crippen LogP contribution in [0.4, 0.5) is 4.79 Å². The first-order chi connectivity index (χ1) is 8.87. The van der Waals surface area contributed by atoms with Gasteiger partial charge in [0.2, 0.25) is 5.91 Å². The molecule has 1 unspecified atom stereocenters. The molecule has 0 aromatic heterocycles. The maximum Gasteiger partial charge on any atom is 0.329 e. The fourth-order valence-corrected chi connectivity index (χ4v) is 1.68. The maximum atomic E-state index is 11.6. The van der Waals surface area contributed by atoms with Crippen molar-refractivity contribution in [1.29, 1.82) is 0 Å². The minimum Gasteiger partial charge on any atom is -0.480 e. The Balaban J connectivity index is 2.35. The molecular weight excluding hydrogens is 250 g/mol. The van der Waals surface area contributed by atoms with Gasteiger partial charge in [-0.3, -0.25) is 4.79 Å². The molecule has 0 aromatic rings. The van der Waals surface area contributed by atoms with Crippen molar-refractivity contribution in [3.05, 3.63) is 0 Å². The van der Waals surface area contributed by atoms with E-state index >= 15 is 0 Å². The summed E-state index contributed by atoms with van der Waals surface area (Å²) in [5.41, 5.74) is -1.31. The van der Waals surface area contributed by atoms with Crippen molar-refractivity contribution in [1.82, 2.24) is 16.0 Å². The number of hydrogen-bond acceptors (Lipinski definition) is 3. The van der Waals surface area contributed by atoms with Gasteiger partial charge in [0.1, 0.15) is 5.54 Å². The Bertz CT molecular complexity index is 368. The van der Waals surface area contributed by atoms with Gasteiger partial charge in [0.15, 0.2) is 0 Å². The van der Waals surface area contributed by atoms with Crippen LogP contribution in [0.25, 0.3) is 0 Å². The van der Waals surface area contributed by atoms with Crippen molar-refractivity contribution in [2.45, 2.75) is 51.1 Å². The highest BCUT2D eigenvalue weighted by molar-refractivity contribution is 5.88. The molecule has 7 nitrogen and oxygen atoms in total. The lowest BCUT2D eigenvalue weighted by molar-refractivity contribution is -0.144. The van der Waals surface area contributed by atoms with Gasteiger partial charge in [0.05, 0.1) is 6.54 Å². The van der Waals surface area contributed by atoms with E-state index in [1.807, 2.05) is 6.92 Å². The molecule has 3 amide bonds. The molecule has 0 spiro atoms. The van der Waals surface area contributed by atoms with Crippen molar-refractivity contribution in [3.8, 4) is 0 Å². The first-order valence-electron chi connectivity index (χ1n) is 6.46. The first-order valence-corrected chi connectivity index (χ1v) is 6.46. The minimum absolute atomic E-state index is 0.149. The average molecular weight is 271 g/mol. The summed E-state index contributed by atoms with van der Waals surface area (Å²) in [7, 11) is 0. The number of carboxylic acids is 1. The van der Waals surface area contributed by atoms with Crippen molar-refractivity contribution in [2.75, 3.05) is 6.54 Å². The monoisotopic (exact) mass is 271 g/mol. The second-order valence-electron chi connectivity index (χ2n) is 5.04. The molecule has 0 saturated heterocycles. The van der Waals surface area contributed by atoms with Crippen molar-refractivity contribution in [2.24, 2.45) is 0 Å². The standard InChI is InChI=1S/C12H21N3O4/c1-3-6-12(2,10(17)18)15-11(19)13-7-9(16)14-8-4-5-8/h8H,3-7H2,1-2H3,(H,14,16)(H,17,18)(H2,13,15,19). The third kappa shape index (κ3) is 5.15. The number of carbonyl (C=O) groups is 3. The zero-order chi connectivity index (χ0) is 14.5. The van der Waals surface area contributed by atoms with Crippen LogP contribution in [0.2, 0.25) is 0 Å². The molecule has 4 N–H and O–H groups in total. The summed E-state index contributed by atoms with van der Waals surface area (Å²) in [4.78, 5) is 34.0. The molecule has 0 bridgehead atoms. The van der Waals surface area contributed by atoms with E-state index in [-0.39, 0.29) is 18.5 Å². The second kappa shape index (κ2) is 6.40. The minimum atomic E-state index is -1.31. The van der Waals surface area contributed by atoms with Gasteiger partial charge in [0, 0.05) is 6.04 Å². The molecule has 1 aliphatic rings. The summed E-state index contributed by atoms with van der Waals surface area (Å²) in [6, 6.07) is -0.411. The van der Waals surface area contributed by atoms with Gasteiger partial charge in [-0.25, -0.2) is 9.59 Å². The molecule has 0 aromatic carbocycles. The number of carbonyl (C=O) groups excluding carboxylic acids is 2. The van der Waals surface area contributed by atoms with Crippen LogP contribution < -0.4 is 16.0 Å². The van der Waals surface area contributed by atoms with E-state index in [4.69, 9.17) is 5.11 Å².